The maximum Gasteiger partial charge on any atom is 0.246 e. The highest BCUT2D eigenvalue weighted by molar-refractivity contribution is 14.1. The van der Waals surface area contributed by atoms with Gasteiger partial charge in [0.05, 0.1) is 12.1 Å². The van der Waals surface area contributed by atoms with E-state index in [2.05, 4.69) is 22.6 Å². The molecule has 1 amide bonds. The number of carbonyl (C=O) groups is 1. The van der Waals surface area contributed by atoms with E-state index in [9.17, 15) is 10.0 Å². The first kappa shape index (κ1) is 17.2. The third kappa shape index (κ3) is 6.09. The van der Waals surface area contributed by atoms with Crippen LogP contribution >= 0.6 is 22.6 Å². The molecule has 112 valence electrons. The fourth-order valence-electron chi connectivity index (χ4n) is 1.58. The van der Waals surface area contributed by atoms with Crippen molar-refractivity contribution in [1.82, 2.24) is 5.06 Å². The molecule has 0 atom stereocenters. The van der Waals surface area contributed by atoms with Crippen molar-refractivity contribution in [2.45, 2.75) is 45.6 Å². The van der Waals surface area contributed by atoms with Crippen molar-refractivity contribution in [3.8, 4) is 5.75 Å². The molecule has 20 heavy (non-hydrogen) atoms. The molecule has 5 heteroatoms. The molecule has 0 fully saturated rings. The fraction of sp³-hybridized carbons (Fsp3) is 0.533. The van der Waals surface area contributed by atoms with Gasteiger partial charge in [0.2, 0.25) is 5.91 Å². The SMILES string of the molecule is CC(C)(C)N(O)C(=O)CCCCOc1ccc(I)cc1. The summed E-state index contributed by atoms with van der Waals surface area (Å²) >= 11 is 2.25. The first-order valence-electron chi connectivity index (χ1n) is 6.71. The van der Waals surface area contributed by atoms with Gasteiger partial charge >= 0.3 is 0 Å². The Hall–Kier alpha value is -0.820. The average molecular weight is 391 g/mol. The van der Waals surface area contributed by atoms with Gasteiger partial charge in [-0.25, -0.2) is 5.06 Å². The van der Waals surface area contributed by atoms with Crippen LogP contribution in [0.15, 0.2) is 24.3 Å². The van der Waals surface area contributed by atoms with Gasteiger partial charge in [-0.15, -0.1) is 0 Å². The van der Waals surface area contributed by atoms with Crippen molar-refractivity contribution in [3.63, 3.8) is 0 Å². The summed E-state index contributed by atoms with van der Waals surface area (Å²) < 4.78 is 6.75. The first-order valence-corrected chi connectivity index (χ1v) is 7.79. The van der Waals surface area contributed by atoms with Crippen LogP contribution in [0, 0.1) is 3.57 Å². The molecular formula is C15H22INO3. The van der Waals surface area contributed by atoms with Gasteiger partial charge < -0.3 is 4.74 Å². The summed E-state index contributed by atoms with van der Waals surface area (Å²) in [7, 11) is 0. The summed E-state index contributed by atoms with van der Waals surface area (Å²) in [6.45, 7) is 5.97. The van der Waals surface area contributed by atoms with Crippen LogP contribution < -0.4 is 4.74 Å². The van der Waals surface area contributed by atoms with Crippen LogP contribution in [0.25, 0.3) is 0 Å². The summed E-state index contributed by atoms with van der Waals surface area (Å²) in [6, 6.07) is 7.85. The maximum absolute atomic E-state index is 11.7. The van der Waals surface area contributed by atoms with Crippen LogP contribution in [-0.2, 0) is 4.79 Å². The second kappa shape index (κ2) is 7.83. The molecule has 0 spiro atoms. The van der Waals surface area contributed by atoms with E-state index in [1.807, 2.05) is 24.3 Å². The smallest absolute Gasteiger partial charge is 0.246 e. The Morgan fingerprint density at radius 3 is 2.40 bits per heavy atom. The highest BCUT2D eigenvalue weighted by Crippen LogP contribution is 2.15. The molecule has 0 bridgehead atoms. The zero-order valence-corrected chi connectivity index (χ0v) is 14.4. The van der Waals surface area contributed by atoms with Crippen molar-refractivity contribution in [2.24, 2.45) is 0 Å². The zero-order valence-electron chi connectivity index (χ0n) is 12.2. The molecule has 4 nitrogen and oxygen atoms in total. The van der Waals surface area contributed by atoms with Gasteiger partial charge in [0.15, 0.2) is 0 Å². The van der Waals surface area contributed by atoms with Gasteiger partial charge in [0, 0.05) is 9.99 Å². The van der Waals surface area contributed by atoms with E-state index < -0.39 is 5.54 Å². The van der Waals surface area contributed by atoms with Crippen LogP contribution in [0.1, 0.15) is 40.0 Å². The first-order chi connectivity index (χ1) is 9.30. The lowest BCUT2D eigenvalue weighted by Crippen LogP contribution is -2.42. The number of hydrogen-bond acceptors (Lipinski definition) is 3. The predicted molar refractivity (Wildman–Crippen MR) is 86.9 cm³/mol. The zero-order chi connectivity index (χ0) is 15.2. The average Bonchev–Trinajstić information content (AvgIpc) is 2.38. The maximum atomic E-state index is 11.7. The number of rotatable bonds is 6. The lowest BCUT2D eigenvalue weighted by Gasteiger charge is -2.29. The Labute approximate surface area is 134 Å². The van der Waals surface area contributed by atoms with Crippen molar-refractivity contribution in [3.05, 3.63) is 27.8 Å². The van der Waals surface area contributed by atoms with Gasteiger partial charge in [-0.3, -0.25) is 10.0 Å². The van der Waals surface area contributed by atoms with E-state index in [-0.39, 0.29) is 5.91 Å². The number of hydrogen-bond donors (Lipinski definition) is 1. The Morgan fingerprint density at radius 2 is 1.85 bits per heavy atom. The molecule has 1 N–H and O–H groups in total. The van der Waals surface area contributed by atoms with Crippen molar-refractivity contribution in [1.29, 1.82) is 0 Å². The lowest BCUT2D eigenvalue weighted by molar-refractivity contribution is -0.186. The molecule has 0 radical (unpaired) electrons. The van der Waals surface area contributed by atoms with Crippen molar-refractivity contribution >= 4 is 28.5 Å². The second-order valence-electron chi connectivity index (χ2n) is 5.64. The van der Waals surface area contributed by atoms with Crippen molar-refractivity contribution in [2.75, 3.05) is 6.61 Å². The minimum absolute atomic E-state index is 0.244. The quantitative estimate of drug-likeness (QED) is 0.347. The van der Waals surface area contributed by atoms with Crippen LogP contribution in [0.3, 0.4) is 0 Å². The largest absolute Gasteiger partial charge is 0.494 e. The van der Waals surface area contributed by atoms with E-state index in [0.29, 0.717) is 19.4 Å². The molecular weight excluding hydrogens is 369 g/mol. The molecule has 0 heterocycles. The predicted octanol–water partition coefficient (Wildman–Crippen LogP) is 3.86. The summed E-state index contributed by atoms with van der Waals surface area (Å²) in [4.78, 5) is 11.7. The molecule has 0 aliphatic rings. The monoisotopic (exact) mass is 391 g/mol. The van der Waals surface area contributed by atoms with E-state index in [0.717, 1.165) is 17.2 Å². The highest BCUT2D eigenvalue weighted by atomic mass is 127. The molecule has 0 aliphatic carbocycles. The van der Waals surface area contributed by atoms with Gasteiger partial charge in [0.25, 0.3) is 0 Å². The second-order valence-corrected chi connectivity index (χ2v) is 6.88. The molecule has 1 aromatic carbocycles. The number of hydroxylamine groups is 2. The van der Waals surface area contributed by atoms with Gasteiger partial charge in [0.1, 0.15) is 5.75 Å². The van der Waals surface area contributed by atoms with Crippen LogP contribution in [-0.4, -0.2) is 28.3 Å². The number of carbonyl (C=O) groups excluding carboxylic acids is 1. The van der Waals surface area contributed by atoms with E-state index in [1.54, 1.807) is 20.8 Å². The topological polar surface area (TPSA) is 49.8 Å². The summed E-state index contributed by atoms with van der Waals surface area (Å²) in [6.07, 6.45) is 1.83. The van der Waals surface area contributed by atoms with E-state index >= 15 is 0 Å². The Morgan fingerprint density at radius 1 is 1.25 bits per heavy atom. The minimum atomic E-state index is -0.547. The number of nitrogens with zero attached hydrogens (tertiary/aromatic N) is 1. The lowest BCUT2D eigenvalue weighted by atomic mass is 10.1. The third-order valence-electron chi connectivity index (χ3n) is 2.74. The normalized spacial score (nSPS) is 11.2. The van der Waals surface area contributed by atoms with E-state index in [1.165, 1.54) is 3.57 Å². The molecule has 0 aliphatic heterocycles. The highest BCUT2D eigenvalue weighted by Gasteiger charge is 2.23. The number of benzene rings is 1. The number of halogens is 1. The standard InChI is InChI=1S/C15H22INO3/c1-15(2,3)17(19)14(18)6-4-5-11-20-13-9-7-12(16)8-10-13/h7-10,19H,4-6,11H2,1-3H3. The summed E-state index contributed by atoms with van der Waals surface area (Å²) in [5, 5.41) is 10.5. The van der Waals surface area contributed by atoms with Gasteiger partial charge in [-0.05, 0) is 80.5 Å². The van der Waals surface area contributed by atoms with E-state index in [4.69, 9.17) is 4.74 Å². The molecule has 1 aromatic rings. The number of amides is 1. The van der Waals surface area contributed by atoms with Gasteiger partial charge in [-0.1, -0.05) is 0 Å². The molecule has 0 unspecified atom stereocenters. The minimum Gasteiger partial charge on any atom is -0.494 e. The Bertz CT molecular complexity index is 426. The molecule has 0 aromatic heterocycles. The molecule has 1 rings (SSSR count). The Balaban J connectivity index is 2.19. The Kier molecular flexibility index (Phi) is 6.75. The summed E-state index contributed by atoms with van der Waals surface area (Å²) in [5.41, 5.74) is -0.547. The number of unbranched alkanes of at least 4 members (excludes halogenated alkanes) is 1. The molecule has 0 saturated heterocycles. The molecule has 0 saturated carbocycles. The van der Waals surface area contributed by atoms with Gasteiger partial charge in [-0.2, -0.15) is 0 Å². The van der Waals surface area contributed by atoms with Crippen LogP contribution in [0.4, 0.5) is 0 Å². The van der Waals surface area contributed by atoms with Crippen LogP contribution in [0.5, 0.6) is 5.75 Å². The fourth-order valence-corrected chi connectivity index (χ4v) is 1.94. The third-order valence-corrected chi connectivity index (χ3v) is 3.46. The number of ether oxygens (including phenoxy) is 1. The van der Waals surface area contributed by atoms with Crippen molar-refractivity contribution < 1.29 is 14.7 Å². The summed E-state index contributed by atoms with van der Waals surface area (Å²) in [5.74, 6) is 0.599. The van der Waals surface area contributed by atoms with Crippen LogP contribution in [0.2, 0.25) is 0 Å².